The smallest absolute Gasteiger partial charge is 0.342 e. The number of hydrogen-bond acceptors (Lipinski definition) is 11. The Kier molecular flexibility index (Phi) is 18.2. The maximum absolute atomic E-state index is 13.7. The highest BCUT2D eigenvalue weighted by atomic mass is 35.5. The Hall–Kier alpha value is -3.22. The maximum atomic E-state index is 13.7. The molecule has 3 aromatic rings. The van der Waals surface area contributed by atoms with E-state index >= 15 is 0 Å². The van der Waals surface area contributed by atoms with E-state index in [1.165, 1.54) is 0 Å². The summed E-state index contributed by atoms with van der Waals surface area (Å²) in [5, 5.41) is 5.91. The number of rotatable bonds is 18. The van der Waals surface area contributed by atoms with E-state index in [0.717, 1.165) is 25.7 Å². The summed E-state index contributed by atoms with van der Waals surface area (Å²) in [6.07, 6.45) is 7.01. The van der Waals surface area contributed by atoms with Crippen molar-refractivity contribution in [2.24, 2.45) is 5.73 Å². The molecule has 0 spiro atoms. The fourth-order valence-corrected chi connectivity index (χ4v) is 5.39. The van der Waals surface area contributed by atoms with Crippen molar-refractivity contribution in [1.29, 1.82) is 0 Å². The predicted octanol–water partition coefficient (Wildman–Crippen LogP) is 5.13. The highest BCUT2D eigenvalue weighted by molar-refractivity contribution is 7.57. The zero-order valence-electron chi connectivity index (χ0n) is 26.1. The topological polar surface area (TPSA) is 182 Å². The lowest BCUT2D eigenvalue weighted by molar-refractivity contribution is -0.145. The molecule has 0 saturated carbocycles. The number of halogens is 1. The van der Waals surface area contributed by atoms with Gasteiger partial charge in [0.05, 0.1) is 19.5 Å². The summed E-state index contributed by atoms with van der Waals surface area (Å²) in [6.45, 7) is 12.6. The number of nitrogens with two attached hydrogens (primary N) is 2. The van der Waals surface area contributed by atoms with Crippen molar-refractivity contribution >= 4 is 48.8 Å². The first-order valence-electron chi connectivity index (χ1n) is 14.5. The van der Waals surface area contributed by atoms with Gasteiger partial charge in [-0.3, -0.25) is 9.36 Å². The number of carbonyl (C=O) groups excluding carboxylic acids is 1. The van der Waals surface area contributed by atoms with E-state index in [1.807, 2.05) is 19.9 Å². The van der Waals surface area contributed by atoms with Gasteiger partial charge >= 0.3 is 13.5 Å². The monoisotopic (exact) mass is 654 g/mol. The largest absolute Gasteiger partial charge is 0.465 e. The van der Waals surface area contributed by atoms with Crippen molar-refractivity contribution in [3.8, 4) is 5.75 Å². The lowest BCUT2D eigenvalue weighted by Crippen LogP contribution is -2.35. The standard InChI is InChI=1S/C26H38N7O5P.C3H9N.ClH/c1-4-6-7-11-16-37-25(34)20(3)32-39(35,38-21-12-9-8-10-13-21)19-36-17-15-33-18-29-22-23(28-14-5-2)30-26(27)31-24(22)33;1-3(2)4;/h5,8-10,12-13,18,20H,2,4,6-7,11,14-17,19H2,1,3H3,(H,32,35)(H3,27,28,30,31);3H,4H2,1-2H3;1H/t20-,39?;;/m0../s1. The van der Waals surface area contributed by atoms with Crippen molar-refractivity contribution in [2.45, 2.75) is 72.0 Å². The van der Waals surface area contributed by atoms with Crippen LogP contribution in [0.15, 0.2) is 49.3 Å². The number of hydrogen-bond donors (Lipinski definition) is 4. The average Bonchev–Trinajstić information content (AvgIpc) is 3.36. The average molecular weight is 655 g/mol. The van der Waals surface area contributed by atoms with Crippen molar-refractivity contribution in [1.82, 2.24) is 24.6 Å². The number of nitrogens with one attached hydrogen (secondary N) is 2. The highest BCUT2D eigenvalue weighted by Gasteiger charge is 2.31. The second-order valence-corrected chi connectivity index (χ2v) is 12.2. The molecule has 0 fully saturated rings. The summed E-state index contributed by atoms with van der Waals surface area (Å²) >= 11 is 0. The van der Waals surface area contributed by atoms with Crippen LogP contribution in [-0.2, 0) is 25.4 Å². The Morgan fingerprint density at radius 2 is 1.84 bits per heavy atom. The predicted molar refractivity (Wildman–Crippen MR) is 178 cm³/mol. The van der Waals surface area contributed by atoms with E-state index in [-0.39, 0.29) is 31.3 Å². The van der Waals surface area contributed by atoms with Crippen LogP contribution in [0, 0.1) is 0 Å². The molecule has 44 heavy (non-hydrogen) atoms. The zero-order valence-corrected chi connectivity index (χ0v) is 27.8. The molecular weight excluding hydrogens is 607 g/mol. The SMILES string of the molecule is C=CCNc1nc(N)nc2c1ncn2CCOCP(=O)(N[C@@H](C)C(=O)OCCCCCC)Oc1ccccc1.CC(C)N.Cl. The highest BCUT2D eigenvalue weighted by Crippen LogP contribution is 2.43. The number of aromatic nitrogens is 4. The lowest BCUT2D eigenvalue weighted by atomic mass is 10.2. The van der Waals surface area contributed by atoms with Crippen LogP contribution < -0.4 is 26.4 Å². The molecule has 13 nitrogen and oxygen atoms in total. The van der Waals surface area contributed by atoms with Crippen LogP contribution in [-0.4, -0.2) is 63.7 Å². The number of nitrogens with zero attached hydrogens (tertiary/aromatic N) is 4. The van der Waals surface area contributed by atoms with Gasteiger partial charge in [-0.25, -0.2) is 10.1 Å². The number of esters is 1. The number of nitrogen functional groups attached to an aromatic ring is 1. The first-order valence-corrected chi connectivity index (χ1v) is 16.3. The number of fused-ring (bicyclic) bond motifs is 1. The molecular formula is C29H48ClN8O5P. The van der Waals surface area contributed by atoms with Gasteiger partial charge in [-0.2, -0.15) is 9.97 Å². The van der Waals surface area contributed by atoms with Crippen LogP contribution >= 0.6 is 19.9 Å². The molecule has 246 valence electrons. The Balaban J connectivity index is 0.00000182. The van der Waals surface area contributed by atoms with Crippen LogP contribution in [0.25, 0.3) is 11.2 Å². The Bertz CT molecular complexity index is 1310. The molecule has 2 heterocycles. The van der Waals surface area contributed by atoms with Crippen molar-refractivity contribution in [3.63, 3.8) is 0 Å². The minimum Gasteiger partial charge on any atom is -0.465 e. The van der Waals surface area contributed by atoms with E-state index in [0.29, 0.717) is 48.5 Å². The summed E-state index contributed by atoms with van der Waals surface area (Å²) in [4.78, 5) is 25.4. The van der Waals surface area contributed by atoms with E-state index in [1.54, 1.807) is 48.2 Å². The Morgan fingerprint density at radius 1 is 1.14 bits per heavy atom. The van der Waals surface area contributed by atoms with Crippen LogP contribution in [0.3, 0.4) is 0 Å². The number of anilines is 2. The Morgan fingerprint density at radius 3 is 2.50 bits per heavy atom. The van der Waals surface area contributed by atoms with Gasteiger partial charge in [-0.05, 0) is 31.5 Å². The van der Waals surface area contributed by atoms with Crippen LogP contribution in [0.4, 0.5) is 11.8 Å². The number of carbonyl (C=O) groups is 1. The molecule has 0 saturated heterocycles. The molecule has 15 heteroatoms. The molecule has 1 aromatic carbocycles. The van der Waals surface area contributed by atoms with Crippen molar-refractivity contribution < 1.29 is 23.4 Å². The van der Waals surface area contributed by atoms with Gasteiger partial charge < -0.3 is 35.3 Å². The van der Waals surface area contributed by atoms with E-state index < -0.39 is 19.5 Å². The minimum atomic E-state index is -3.65. The van der Waals surface area contributed by atoms with Crippen LogP contribution in [0.5, 0.6) is 5.75 Å². The Labute approximate surface area is 266 Å². The maximum Gasteiger partial charge on any atom is 0.342 e. The van der Waals surface area contributed by atoms with Crippen LogP contribution in [0.1, 0.15) is 53.4 Å². The summed E-state index contributed by atoms with van der Waals surface area (Å²) in [7, 11) is -3.65. The fraction of sp³-hybridized carbons (Fsp3) is 0.517. The van der Waals surface area contributed by atoms with Gasteiger partial charge in [-0.15, -0.1) is 19.0 Å². The van der Waals surface area contributed by atoms with Crippen molar-refractivity contribution in [3.05, 3.63) is 49.3 Å². The number of unbranched alkanes of at least 4 members (excludes halogenated alkanes) is 3. The summed E-state index contributed by atoms with van der Waals surface area (Å²) in [5.74, 6) is 0.511. The molecule has 0 amide bonds. The van der Waals surface area contributed by atoms with Gasteiger partial charge in [0.2, 0.25) is 5.95 Å². The molecule has 0 aliphatic rings. The summed E-state index contributed by atoms with van der Waals surface area (Å²) in [5.41, 5.74) is 12.1. The van der Waals surface area contributed by atoms with Crippen LogP contribution in [0.2, 0.25) is 0 Å². The number of ether oxygens (including phenoxy) is 2. The molecule has 0 radical (unpaired) electrons. The van der Waals surface area contributed by atoms with E-state index in [9.17, 15) is 9.36 Å². The third-order valence-electron chi connectivity index (χ3n) is 5.61. The molecule has 1 unspecified atom stereocenters. The summed E-state index contributed by atoms with van der Waals surface area (Å²) in [6, 6.07) is 8.21. The number of para-hydroxylation sites is 1. The molecule has 6 N–H and O–H groups in total. The second kappa shape index (κ2) is 20.7. The minimum absolute atomic E-state index is 0. The van der Waals surface area contributed by atoms with E-state index in [4.69, 9.17) is 25.5 Å². The molecule has 0 aliphatic heterocycles. The fourth-order valence-electron chi connectivity index (χ4n) is 3.68. The quantitative estimate of drug-likeness (QED) is 0.0615. The molecule has 3 rings (SSSR count). The molecule has 0 aliphatic carbocycles. The van der Waals surface area contributed by atoms with Gasteiger partial charge in [0.15, 0.2) is 17.0 Å². The summed E-state index contributed by atoms with van der Waals surface area (Å²) < 4.78 is 32.4. The third kappa shape index (κ3) is 14.0. The second-order valence-electron chi connectivity index (χ2n) is 10.1. The molecule has 0 bridgehead atoms. The normalized spacial score (nSPS) is 12.8. The zero-order chi connectivity index (χ0) is 31.7. The molecule has 2 aromatic heterocycles. The van der Waals surface area contributed by atoms with Gasteiger partial charge in [0.25, 0.3) is 0 Å². The van der Waals surface area contributed by atoms with Crippen molar-refractivity contribution in [2.75, 3.05) is 37.2 Å². The van der Waals surface area contributed by atoms with Gasteiger partial charge in [-0.1, -0.05) is 64.3 Å². The first kappa shape index (κ1) is 38.8. The van der Waals surface area contributed by atoms with Gasteiger partial charge in [0.1, 0.15) is 18.1 Å². The number of benzene rings is 1. The number of imidazole rings is 1. The third-order valence-corrected chi connectivity index (χ3v) is 7.42. The first-order chi connectivity index (χ1) is 20.6. The van der Waals surface area contributed by atoms with Gasteiger partial charge in [0, 0.05) is 13.1 Å². The molecule has 2 atom stereocenters. The lowest BCUT2D eigenvalue weighted by Gasteiger charge is -2.23. The van der Waals surface area contributed by atoms with E-state index in [2.05, 4.69) is 38.9 Å².